The zero-order valence-electron chi connectivity index (χ0n) is 21.2. The Balaban J connectivity index is 1.14. The third-order valence-electron chi connectivity index (χ3n) is 7.62. The molecule has 0 aliphatic heterocycles. The molecule has 2 nitrogen and oxygen atoms in total. The van der Waals surface area contributed by atoms with Crippen molar-refractivity contribution in [1.82, 2.24) is 9.13 Å². The molecule has 3 heterocycles. The highest BCUT2D eigenvalue weighted by Gasteiger charge is 2.12. The van der Waals surface area contributed by atoms with Crippen molar-refractivity contribution >= 4 is 67.2 Å². The van der Waals surface area contributed by atoms with Crippen LogP contribution in [0.25, 0.3) is 72.0 Å². The zero-order chi connectivity index (χ0) is 25.8. The smallest absolute Gasteiger partial charge is 0.0541 e. The predicted octanol–water partition coefficient (Wildman–Crippen LogP) is 10.2. The fourth-order valence-corrected chi connectivity index (χ4v) is 6.74. The third-order valence-corrected chi connectivity index (χ3v) is 8.72. The van der Waals surface area contributed by atoms with Gasteiger partial charge in [0, 0.05) is 43.2 Å². The average Bonchev–Trinajstić information content (AvgIpc) is 3.69. The minimum Gasteiger partial charge on any atom is -0.316 e. The van der Waals surface area contributed by atoms with E-state index >= 15 is 0 Å². The molecule has 5 aromatic carbocycles. The molecule has 8 aromatic rings. The SMILES string of the molecule is C(=C\n1c2ccccc2c2ccccc21)/c1ccc(-c2ccc(-n3c4ccccc4c4ccccc43)cc2)s1. The van der Waals surface area contributed by atoms with Crippen molar-refractivity contribution in [3.63, 3.8) is 0 Å². The van der Waals surface area contributed by atoms with Gasteiger partial charge in [-0.3, -0.25) is 0 Å². The first kappa shape index (κ1) is 22.2. The van der Waals surface area contributed by atoms with E-state index in [1.165, 1.54) is 64.6 Å². The highest BCUT2D eigenvalue weighted by atomic mass is 32.1. The molecule has 8 rings (SSSR count). The maximum Gasteiger partial charge on any atom is 0.0541 e. The summed E-state index contributed by atoms with van der Waals surface area (Å²) in [5.74, 6) is 0. The van der Waals surface area contributed by atoms with Crippen molar-refractivity contribution in [2.45, 2.75) is 0 Å². The van der Waals surface area contributed by atoms with Crippen LogP contribution in [0.4, 0.5) is 0 Å². The van der Waals surface area contributed by atoms with Gasteiger partial charge in [-0.25, -0.2) is 0 Å². The van der Waals surface area contributed by atoms with E-state index in [1.54, 1.807) is 0 Å². The van der Waals surface area contributed by atoms with Crippen molar-refractivity contribution in [2.24, 2.45) is 0 Å². The first-order valence-electron chi connectivity index (χ1n) is 13.2. The summed E-state index contributed by atoms with van der Waals surface area (Å²) in [6, 6.07) is 47.9. The fraction of sp³-hybridized carbons (Fsp3) is 0. The summed E-state index contributed by atoms with van der Waals surface area (Å²) < 4.78 is 4.66. The Bertz CT molecular complexity index is 2060. The Hall–Kier alpha value is -4.86. The van der Waals surface area contributed by atoms with Crippen molar-refractivity contribution < 1.29 is 0 Å². The van der Waals surface area contributed by atoms with Crippen LogP contribution in [0.15, 0.2) is 133 Å². The maximum absolute atomic E-state index is 2.36. The summed E-state index contributed by atoms with van der Waals surface area (Å²) in [5.41, 5.74) is 7.35. The number of fused-ring (bicyclic) bond motifs is 6. The monoisotopic (exact) mass is 516 g/mol. The van der Waals surface area contributed by atoms with E-state index in [2.05, 4.69) is 155 Å². The van der Waals surface area contributed by atoms with Gasteiger partial charge in [0.25, 0.3) is 0 Å². The molecule has 184 valence electrons. The molecule has 0 spiro atoms. The van der Waals surface area contributed by atoms with Crippen molar-refractivity contribution in [1.29, 1.82) is 0 Å². The summed E-state index contributed by atoms with van der Waals surface area (Å²) in [6.07, 6.45) is 4.42. The van der Waals surface area contributed by atoms with Crippen LogP contribution in [0, 0.1) is 0 Å². The van der Waals surface area contributed by atoms with Crippen LogP contribution >= 0.6 is 11.3 Å². The van der Waals surface area contributed by atoms with Gasteiger partial charge < -0.3 is 9.13 Å². The van der Waals surface area contributed by atoms with Crippen LogP contribution in [0.2, 0.25) is 0 Å². The van der Waals surface area contributed by atoms with Gasteiger partial charge in [0.2, 0.25) is 0 Å². The molecule has 0 saturated carbocycles. The number of thiophene rings is 1. The average molecular weight is 517 g/mol. The molecular formula is C36H24N2S. The van der Waals surface area contributed by atoms with Crippen LogP contribution in [0.3, 0.4) is 0 Å². The van der Waals surface area contributed by atoms with E-state index < -0.39 is 0 Å². The molecule has 0 aliphatic carbocycles. The number of hydrogen-bond acceptors (Lipinski definition) is 1. The summed E-state index contributed by atoms with van der Waals surface area (Å²) >= 11 is 1.82. The molecule has 0 atom stereocenters. The topological polar surface area (TPSA) is 9.86 Å². The largest absolute Gasteiger partial charge is 0.316 e. The number of para-hydroxylation sites is 4. The number of hydrogen-bond donors (Lipinski definition) is 0. The van der Waals surface area contributed by atoms with Gasteiger partial charge in [0.05, 0.1) is 22.1 Å². The van der Waals surface area contributed by atoms with Gasteiger partial charge in [-0.1, -0.05) is 84.9 Å². The quantitative estimate of drug-likeness (QED) is 0.220. The lowest BCUT2D eigenvalue weighted by Gasteiger charge is -2.08. The molecule has 0 unspecified atom stereocenters. The number of aromatic nitrogens is 2. The summed E-state index contributed by atoms with van der Waals surface area (Å²) in [7, 11) is 0. The van der Waals surface area contributed by atoms with E-state index in [0.29, 0.717) is 0 Å². The van der Waals surface area contributed by atoms with E-state index in [9.17, 15) is 0 Å². The highest BCUT2D eigenvalue weighted by Crippen LogP contribution is 2.35. The molecule has 3 heteroatoms. The minimum absolute atomic E-state index is 1.18. The van der Waals surface area contributed by atoms with E-state index in [4.69, 9.17) is 0 Å². The molecule has 0 radical (unpaired) electrons. The zero-order valence-corrected chi connectivity index (χ0v) is 22.0. The number of nitrogens with zero attached hydrogens (tertiary/aromatic N) is 2. The lowest BCUT2D eigenvalue weighted by atomic mass is 10.1. The normalized spacial score (nSPS) is 12.0. The summed E-state index contributed by atoms with van der Waals surface area (Å²) in [4.78, 5) is 2.50. The molecule has 0 N–H and O–H groups in total. The second kappa shape index (κ2) is 8.87. The Labute approximate surface area is 230 Å². The first-order valence-corrected chi connectivity index (χ1v) is 14.0. The molecule has 0 fully saturated rings. The second-order valence-electron chi connectivity index (χ2n) is 9.84. The Morgan fingerprint density at radius 1 is 0.462 bits per heavy atom. The maximum atomic E-state index is 2.36. The van der Waals surface area contributed by atoms with E-state index in [0.717, 1.165) is 0 Å². The van der Waals surface area contributed by atoms with Gasteiger partial charge in [0.1, 0.15) is 0 Å². The Morgan fingerprint density at radius 3 is 1.51 bits per heavy atom. The van der Waals surface area contributed by atoms with Crippen LogP contribution in [0.5, 0.6) is 0 Å². The first-order chi connectivity index (χ1) is 19.3. The Kier molecular flexibility index (Phi) is 5.04. The van der Waals surface area contributed by atoms with Crippen molar-refractivity contribution in [3.05, 3.63) is 138 Å². The fourth-order valence-electron chi connectivity index (χ4n) is 5.83. The van der Waals surface area contributed by atoms with Crippen LogP contribution in [0.1, 0.15) is 4.88 Å². The second-order valence-corrected chi connectivity index (χ2v) is 11.0. The van der Waals surface area contributed by atoms with Crippen LogP contribution in [-0.2, 0) is 0 Å². The highest BCUT2D eigenvalue weighted by molar-refractivity contribution is 7.16. The van der Waals surface area contributed by atoms with Gasteiger partial charge in [-0.2, -0.15) is 0 Å². The van der Waals surface area contributed by atoms with Gasteiger partial charge in [0.15, 0.2) is 0 Å². The van der Waals surface area contributed by atoms with Crippen LogP contribution < -0.4 is 0 Å². The molecule has 0 aliphatic rings. The molecule has 0 bridgehead atoms. The Morgan fingerprint density at radius 2 is 0.949 bits per heavy atom. The third kappa shape index (κ3) is 3.55. The standard InChI is InChI=1S/C36H24N2S/c1-5-13-32-28(9-1)29-10-2-6-14-33(29)37(32)24-23-27-21-22-36(39-27)25-17-19-26(20-18-25)38-34-15-7-3-11-30(34)31-12-4-8-16-35(31)38/h1-24H/b24-23+. The molecular weight excluding hydrogens is 492 g/mol. The molecule has 3 aromatic heterocycles. The van der Waals surface area contributed by atoms with Gasteiger partial charge >= 0.3 is 0 Å². The lowest BCUT2D eigenvalue weighted by molar-refractivity contribution is 1.18. The van der Waals surface area contributed by atoms with Gasteiger partial charge in [-0.15, -0.1) is 11.3 Å². The molecule has 0 saturated heterocycles. The van der Waals surface area contributed by atoms with E-state index in [-0.39, 0.29) is 0 Å². The minimum atomic E-state index is 1.18. The lowest BCUT2D eigenvalue weighted by Crippen LogP contribution is -1.93. The molecule has 39 heavy (non-hydrogen) atoms. The van der Waals surface area contributed by atoms with Crippen molar-refractivity contribution in [3.8, 4) is 16.1 Å². The molecule has 0 amide bonds. The van der Waals surface area contributed by atoms with Gasteiger partial charge in [-0.05, 0) is 60.2 Å². The predicted molar refractivity (Wildman–Crippen MR) is 169 cm³/mol. The summed E-state index contributed by atoms with van der Waals surface area (Å²) in [5, 5.41) is 5.14. The van der Waals surface area contributed by atoms with Crippen LogP contribution in [-0.4, -0.2) is 9.13 Å². The number of benzene rings is 5. The number of rotatable bonds is 4. The van der Waals surface area contributed by atoms with E-state index in [1.807, 2.05) is 11.3 Å². The summed E-state index contributed by atoms with van der Waals surface area (Å²) in [6.45, 7) is 0. The van der Waals surface area contributed by atoms with Crippen molar-refractivity contribution in [2.75, 3.05) is 0 Å².